The highest BCUT2D eigenvalue weighted by molar-refractivity contribution is 5.98. The zero-order valence-electron chi connectivity index (χ0n) is 14.6. The second kappa shape index (κ2) is 7.59. The van der Waals surface area contributed by atoms with Crippen LogP contribution in [-0.2, 0) is 9.53 Å². The molecule has 1 N–H and O–H groups in total. The molecule has 2 aromatic carbocycles. The summed E-state index contributed by atoms with van der Waals surface area (Å²) in [4.78, 5) is 34.3. The van der Waals surface area contributed by atoms with E-state index < -0.39 is 23.4 Å². The molecule has 0 atom stereocenters. The van der Waals surface area contributed by atoms with Crippen LogP contribution in [0.15, 0.2) is 46.9 Å². The summed E-state index contributed by atoms with van der Waals surface area (Å²) in [5.41, 5.74) is 0.849. The van der Waals surface area contributed by atoms with Crippen LogP contribution in [0.2, 0.25) is 0 Å². The number of aryl methyl sites for hydroxylation is 1. The first-order valence-corrected chi connectivity index (χ1v) is 8.04. The molecule has 0 fully saturated rings. The maximum atomic E-state index is 12.2. The highest BCUT2D eigenvalue weighted by atomic mass is 16.6. The molecule has 0 aliphatic rings. The van der Waals surface area contributed by atoms with E-state index in [1.165, 1.54) is 6.07 Å². The molecule has 9 heteroatoms. The summed E-state index contributed by atoms with van der Waals surface area (Å²) in [6.07, 6.45) is 0. The zero-order chi connectivity index (χ0) is 20.3. The van der Waals surface area contributed by atoms with Crippen molar-refractivity contribution in [2.75, 3.05) is 11.9 Å². The van der Waals surface area contributed by atoms with Crippen molar-refractivity contribution < 1.29 is 23.7 Å². The van der Waals surface area contributed by atoms with Crippen LogP contribution in [-0.4, -0.2) is 23.4 Å². The molecule has 0 bridgehead atoms. The van der Waals surface area contributed by atoms with E-state index in [1.807, 2.05) is 6.07 Å². The molecule has 1 aromatic heterocycles. The Labute approximate surface area is 158 Å². The molecule has 1 heterocycles. The van der Waals surface area contributed by atoms with Crippen LogP contribution in [0.1, 0.15) is 21.7 Å². The van der Waals surface area contributed by atoms with Crippen molar-refractivity contribution in [1.29, 1.82) is 5.26 Å². The van der Waals surface area contributed by atoms with Crippen LogP contribution in [0.4, 0.5) is 11.4 Å². The van der Waals surface area contributed by atoms with Crippen molar-refractivity contribution >= 4 is 34.2 Å². The largest absolute Gasteiger partial charge is 0.450 e. The molecule has 0 aliphatic heterocycles. The summed E-state index contributed by atoms with van der Waals surface area (Å²) in [7, 11) is 0. The predicted octanol–water partition coefficient (Wildman–Crippen LogP) is 3.32. The number of furan rings is 1. The summed E-state index contributed by atoms with van der Waals surface area (Å²) >= 11 is 0. The number of esters is 1. The van der Waals surface area contributed by atoms with Crippen molar-refractivity contribution in [3.05, 3.63) is 69.5 Å². The number of fused-ring (bicyclic) bond motifs is 1. The number of anilines is 1. The lowest BCUT2D eigenvalue weighted by molar-refractivity contribution is -0.384. The molecule has 0 saturated carbocycles. The number of benzene rings is 2. The summed E-state index contributed by atoms with van der Waals surface area (Å²) in [5.74, 6) is -1.50. The standard InChI is InChI=1S/C19H13N3O6/c1-11-14-4-2-3-5-16(14)28-18(11)19(24)27-10-17(23)21-15-7-6-13(22(25)26)8-12(15)9-20/h2-8H,10H2,1H3,(H,21,23). The highest BCUT2D eigenvalue weighted by Gasteiger charge is 2.20. The van der Waals surface area contributed by atoms with E-state index in [1.54, 1.807) is 31.2 Å². The van der Waals surface area contributed by atoms with Gasteiger partial charge in [-0.25, -0.2) is 4.79 Å². The lowest BCUT2D eigenvalue weighted by Gasteiger charge is -2.07. The summed E-state index contributed by atoms with van der Waals surface area (Å²) in [5, 5.41) is 23.0. The Bertz CT molecular complexity index is 1140. The number of nitrogens with zero attached hydrogens (tertiary/aromatic N) is 2. The SMILES string of the molecule is Cc1c(C(=O)OCC(=O)Nc2ccc([N+](=O)[O-])cc2C#N)oc2ccccc12. The number of ether oxygens (including phenoxy) is 1. The minimum Gasteiger partial charge on any atom is -0.450 e. The normalized spacial score (nSPS) is 10.3. The molecular formula is C19H13N3O6. The second-order valence-electron chi connectivity index (χ2n) is 5.78. The van der Waals surface area contributed by atoms with Crippen LogP contribution < -0.4 is 5.32 Å². The molecule has 9 nitrogen and oxygen atoms in total. The van der Waals surface area contributed by atoms with E-state index in [2.05, 4.69) is 5.32 Å². The fourth-order valence-electron chi connectivity index (χ4n) is 2.60. The van der Waals surface area contributed by atoms with E-state index in [0.29, 0.717) is 11.1 Å². The molecule has 0 aliphatic carbocycles. The molecule has 1 amide bonds. The zero-order valence-corrected chi connectivity index (χ0v) is 14.6. The smallest absolute Gasteiger partial charge is 0.375 e. The van der Waals surface area contributed by atoms with Gasteiger partial charge in [0.05, 0.1) is 16.2 Å². The molecule has 28 heavy (non-hydrogen) atoms. The summed E-state index contributed by atoms with van der Waals surface area (Å²) < 4.78 is 10.4. The lowest BCUT2D eigenvalue weighted by Crippen LogP contribution is -2.21. The molecule has 0 unspecified atom stereocenters. The third-order valence-corrected chi connectivity index (χ3v) is 3.97. The lowest BCUT2D eigenvalue weighted by atomic mass is 10.1. The monoisotopic (exact) mass is 379 g/mol. The van der Waals surface area contributed by atoms with Crippen LogP contribution >= 0.6 is 0 Å². The second-order valence-corrected chi connectivity index (χ2v) is 5.78. The minimum absolute atomic E-state index is 0.00190. The molecule has 0 radical (unpaired) electrons. The van der Waals surface area contributed by atoms with Gasteiger partial charge in [0.1, 0.15) is 11.7 Å². The van der Waals surface area contributed by atoms with E-state index in [-0.39, 0.29) is 22.7 Å². The summed E-state index contributed by atoms with van der Waals surface area (Å²) in [6, 6.07) is 12.3. The maximum absolute atomic E-state index is 12.2. The number of nitro groups is 1. The van der Waals surface area contributed by atoms with Gasteiger partial charge < -0.3 is 14.5 Å². The molecule has 0 spiro atoms. The molecule has 140 valence electrons. The number of hydrogen-bond acceptors (Lipinski definition) is 7. The Morgan fingerprint density at radius 1 is 1.29 bits per heavy atom. The Balaban J connectivity index is 1.67. The Morgan fingerprint density at radius 3 is 2.71 bits per heavy atom. The highest BCUT2D eigenvalue weighted by Crippen LogP contribution is 2.25. The van der Waals surface area contributed by atoms with Crippen LogP contribution in [0.3, 0.4) is 0 Å². The van der Waals surface area contributed by atoms with Crippen LogP contribution in [0.5, 0.6) is 0 Å². The van der Waals surface area contributed by atoms with Gasteiger partial charge in [0.15, 0.2) is 6.61 Å². The van der Waals surface area contributed by atoms with Gasteiger partial charge in [0, 0.05) is 23.1 Å². The van der Waals surface area contributed by atoms with Crippen LogP contribution in [0.25, 0.3) is 11.0 Å². The van der Waals surface area contributed by atoms with Crippen molar-refractivity contribution in [1.82, 2.24) is 0 Å². The van der Waals surface area contributed by atoms with Gasteiger partial charge in [-0.1, -0.05) is 18.2 Å². The molecular weight excluding hydrogens is 366 g/mol. The maximum Gasteiger partial charge on any atom is 0.375 e. The molecule has 3 aromatic rings. The van der Waals surface area contributed by atoms with Crippen molar-refractivity contribution in [3.63, 3.8) is 0 Å². The van der Waals surface area contributed by atoms with Gasteiger partial charge >= 0.3 is 5.97 Å². The van der Waals surface area contributed by atoms with E-state index >= 15 is 0 Å². The quantitative estimate of drug-likeness (QED) is 0.408. The summed E-state index contributed by atoms with van der Waals surface area (Å²) in [6.45, 7) is 1.09. The number of nitrogens with one attached hydrogen (secondary N) is 1. The third-order valence-electron chi connectivity index (χ3n) is 3.97. The number of nitro benzene ring substituents is 1. The van der Waals surface area contributed by atoms with E-state index in [0.717, 1.165) is 17.5 Å². The van der Waals surface area contributed by atoms with Gasteiger partial charge in [-0.15, -0.1) is 0 Å². The fraction of sp³-hybridized carbons (Fsp3) is 0.105. The third kappa shape index (κ3) is 3.66. The topological polar surface area (TPSA) is 135 Å². The van der Waals surface area contributed by atoms with Crippen LogP contribution in [0, 0.1) is 28.4 Å². The Hall–Kier alpha value is -4.19. The van der Waals surface area contributed by atoms with E-state index in [9.17, 15) is 19.7 Å². The number of amides is 1. The Kier molecular flexibility index (Phi) is 5.04. The van der Waals surface area contributed by atoms with Crippen molar-refractivity contribution in [2.45, 2.75) is 6.92 Å². The van der Waals surface area contributed by atoms with Gasteiger partial charge in [-0.2, -0.15) is 5.26 Å². The number of rotatable bonds is 5. The van der Waals surface area contributed by atoms with E-state index in [4.69, 9.17) is 14.4 Å². The van der Waals surface area contributed by atoms with Gasteiger partial charge in [0.2, 0.25) is 5.76 Å². The number of carbonyl (C=O) groups excluding carboxylic acids is 2. The Morgan fingerprint density at radius 2 is 2.04 bits per heavy atom. The number of non-ortho nitro benzene ring substituents is 1. The minimum atomic E-state index is -0.798. The van der Waals surface area contributed by atoms with Gasteiger partial charge in [-0.05, 0) is 19.1 Å². The first-order chi connectivity index (χ1) is 13.4. The van der Waals surface area contributed by atoms with Crippen molar-refractivity contribution in [2.24, 2.45) is 0 Å². The van der Waals surface area contributed by atoms with Gasteiger partial charge in [-0.3, -0.25) is 14.9 Å². The number of nitriles is 1. The van der Waals surface area contributed by atoms with Gasteiger partial charge in [0.25, 0.3) is 11.6 Å². The fourth-order valence-corrected chi connectivity index (χ4v) is 2.60. The number of carbonyl (C=O) groups is 2. The number of hydrogen-bond donors (Lipinski definition) is 1. The molecule has 3 rings (SSSR count). The first kappa shape index (κ1) is 18.6. The first-order valence-electron chi connectivity index (χ1n) is 8.04. The average Bonchev–Trinajstić information content (AvgIpc) is 3.03. The predicted molar refractivity (Wildman–Crippen MR) is 97.7 cm³/mol. The average molecular weight is 379 g/mol. The molecule has 0 saturated heterocycles. The number of para-hydroxylation sites is 1. The van der Waals surface area contributed by atoms with Crippen molar-refractivity contribution in [3.8, 4) is 6.07 Å².